The first-order valence-corrected chi connectivity index (χ1v) is 7.05. The van der Waals surface area contributed by atoms with E-state index in [2.05, 4.69) is 31.9 Å². The molecule has 0 aliphatic rings. The first-order chi connectivity index (χ1) is 8.61. The van der Waals surface area contributed by atoms with Crippen molar-refractivity contribution in [3.05, 3.63) is 63.9 Å². The molecule has 1 unspecified atom stereocenters. The second kappa shape index (κ2) is 5.85. The van der Waals surface area contributed by atoms with E-state index < -0.39 is 0 Å². The van der Waals surface area contributed by atoms with Crippen molar-refractivity contribution in [1.82, 2.24) is 0 Å². The van der Waals surface area contributed by atoms with E-state index in [1.807, 2.05) is 18.2 Å². The Kier molecular flexibility index (Phi) is 4.40. The standard InChI is InChI=1S/C14H11Br2FO/c1-18-13-7-4-10(15)8-12(13)14(16)9-2-5-11(17)6-3-9/h2-8,14H,1H3. The molecule has 0 heterocycles. The molecule has 0 aromatic heterocycles. The zero-order chi connectivity index (χ0) is 13.1. The molecular weight excluding hydrogens is 363 g/mol. The number of halogens is 3. The van der Waals surface area contributed by atoms with Gasteiger partial charge in [0, 0.05) is 10.0 Å². The van der Waals surface area contributed by atoms with Crippen molar-refractivity contribution in [3.8, 4) is 5.75 Å². The Morgan fingerprint density at radius 3 is 2.39 bits per heavy atom. The van der Waals surface area contributed by atoms with E-state index in [9.17, 15) is 4.39 Å². The number of hydrogen-bond acceptors (Lipinski definition) is 1. The van der Waals surface area contributed by atoms with Gasteiger partial charge in [0.15, 0.2) is 0 Å². The SMILES string of the molecule is COc1ccc(Br)cc1C(Br)c1ccc(F)cc1. The van der Waals surface area contributed by atoms with Crippen LogP contribution in [0.15, 0.2) is 46.9 Å². The van der Waals surface area contributed by atoms with E-state index in [4.69, 9.17) is 4.74 Å². The number of ether oxygens (including phenoxy) is 1. The molecule has 4 heteroatoms. The third kappa shape index (κ3) is 2.93. The minimum atomic E-state index is -0.236. The summed E-state index contributed by atoms with van der Waals surface area (Å²) < 4.78 is 19.2. The molecule has 18 heavy (non-hydrogen) atoms. The molecule has 0 bridgehead atoms. The molecule has 0 amide bonds. The molecular formula is C14H11Br2FO. The van der Waals surface area contributed by atoms with E-state index in [0.717, 1.165) is 21.3 Å². The molecule has 2 rings (SSSR count). The van der Waals surface area contributed by atoms with Crippen LogP contribution in [0.2, 0.25) is 0 Å². The lowest BCUT2D eigenvalue weighted by atomic mass is 10.0. The van der Waals surface area contributed by atoms with Crippen LogP contribution < -0.4 is 4.74 Å². The highest BCUT2D eigenvalue weighted by Gasteiger charge is 2.15. The highest BCUT2D eigenvalue weighted by molar-refractivity contribution is 9.10. The van der Waals surface area contributed by atoms with Crippen molar-refractivity contribution in [2.24, 2.45) is 0 Å². The van der Waals surface area contributed by atoms with Gasteiger partial charge in [-0.1, -0.05) is 44.0 Å². The molecule has 0 spiro atoms. The third-order valence-electron chi connectivity index (χ3n) is 2.63. The number of rotatable bonds is 3. The Hall–Kier alpha value is -0.870. The maximum Gasteiger partial charge on any atom is 0.123 e. The number of benzene rings is 2. The highest BCUT2D eigenvalue weighted by atomic mass is 79.9. The fourth-order valence-electron chi connectivity index (χ4n) is 1.71. The summed E-state index contributed by atoms with van der Waals surface area (Å²) >= 11 is 7.06. The average Bonchev–Trinajstić information content (AvgIpc) is 2.39. The second-order valence-electron chi connectivity index (χ2n) is 3.80. The molecule has 0 N–H and O–H groups in total. The van der Waals surface area contributed by atoms with Crippen LogP contribution in [0, 0.1) is 5.82 Å². The predicted octanol–water partition coefficient (Wildman–Crippen LogP) is 5.08. The van der Waals surface area contributed by atoms with Gasteiger partial charge in [0.05, 0.1) is 11.9 Å². The van der Waals surface area contributed by atoms with E-state index in [0.29, 0.717) is 0 Å². The summed E-state index contributed by atoms with van der Waals surface area (Å²) in [4.78, 5) is -0.0365. The molecule has 1 atom stereocenters. The molecule has 0 saturated carbocycles. The summed E-state index contributed by atoms with van der Waals surface area (Å²) in [5.74, 6) is 0.559. The number of hydrogen-bond donors (Lipinski definition) is 0. The van der Waals surface area contributed by atoms with Crippen molar-refractivity contribution in [3.63, 3.8) is 0 Å². The molecule has 2 aromatic carbocycles. The van der Waals surface area contributed by atoms with Crippen LogP contribution in [0.5, 0.6) is 5.75 Å². The van der Waals surface area contributed by atoms with Crippen LogP contribution in [0.1, 0.15) is 16.0 Å². The zero-order valence-electron chi connectivity index (χ0n) is 9.66. The monoisotopic (exact) mass is 372 g/mol. The summed E-state index contributed by atoms with van der Waals surface area (Å²) in [6, 6.07) is 12.2. The second-order valence-corrected chi connectivity index (χ2v) is 5.63. The average molecular weight is 374 g/mol. The molecule has 0 aliphatic heterocycles. The van der Waals surface area contributed by atoms with Gasteiger partial charge in [-0.05, 0) is 35.9 Å². The molecule has 94 valence electrons. The van der Waals surface area contributed by atoms with Crippen molar-refractivity contribution >= 4 is 31.9 Å². The molecule has 0 fully saturated rings. The van der Waals surface area contributed by atoms with Crippen LogP contribution >= 0.6 is 31.9 Å². The number of methoxy groups -OCH3 is 1. The molecule has 0 aliphatic carbocycles. The Labute approximate surface area is 122 Å². The Morgan fingerprint density at radius 2 is 1.78 bits per heavy atom. The van der Waals surface area contributed by atoms with Gasteiger partial charge in [-0.3, -0.25) is 0 Å². The lowest BCUT2D eigenvalue weighted by Crippen LogP contribution is -1.97. The molecule has 0 saturated heterocycles. The van der Waals surface area contributed by atoms with E-state index in [1.54, 1.807) is 19.2 Å². The zero-order valence-corrected chi connectivity index (χ0v) is 12.8. The Bertz CT molecular complexity index is 540. The predicted molar refractivity (Wildman–Crippen MR) is 77.9 cm³/mol. The van der Waals surface area contributed by atoms with E-state index in [-0.39, 0.29) is 10.6 Å². The molecule has 2 aromatic rings. The lowest BCUT2D eigenvalue weighted by molar-refractivity contribution is 0.410. The highest BCUT2D eigenvalue weighted by Crippen LogP contribution is 2.37. The van der Waals surface area contributed by atoms with Gasteiger partial charge in [-0.15, -0.1) is 0 Å². The maximum atomic E-state index is 12.9. The quantitative estimate of drug-likeness (QED) is 0.681. The van der Waals surface area contributed by atoms with Gasteiger partial charge in [-0.2, -0.15) is 0 Å². The first-order valence-electron chi connectivity index (χ1n) is 5.35. The third-order valence-corrected chi connectivity index (χ3v) is 4.14. The molecule has 1 nitrogen and oxygen atoms in total. The topological polar surface area (TPSA) is 9.23 Å². The smallest absolute Gasteiger partial charge is 0.123 e. The van der Waals surface area contributed by atoms with Crippen molar-refractivity contribution in [2.75, 3.05) is 7.11 Å². The minimum Gasteiger partial charge on any atom is -0.496 e. The summed E-state index contributed by atoms with van der Waals surface area (Å²) in [5, 5.41) is 0. The molecule has 0 radical (unpaired) electrons. The fourth-order valence-corrected chi connectivity index (χ4v) is 2.76. The van der Waals surface area contributed by atoms with Gasteiger partial charge < -0.3 is 4.74 Å². The van der Waals surface area contributed by atoms with Gasteiger partial charge in [0.1, 0.15) is 11.6 Å². The largest absolute Gasteiger partial charge is 0.496 e. The van der Waals surface area contributed by atoms with Gasteiger partial charge in [0.2, 0.25) is 0 Å². The summed E-state index contributed by atoms with van der Waals surface area (Å²) in [6.07, 6.45) is 0. The Balaban J connectivity index is 2.41. The number of alkyl halides is 1. The first kappa shape index (κ1) is 13.6. The van der Waals surface area contributed by atoms with Gasteiger partial charge >= 0.3 is 0 Å². The van der Waals surface area contributed by atoms with Crippen LogP contribution in [0.4, 0.5) is 4.39 Å². The minimum absolute atomic E-state index is 0.0365. The lowest BCUT2D eigenvalue weighted by Gasteiger charge is -2.15. The van der Waals surface area contributed by atoms with Crippen molar-refractivity contribution in [2.45, 2.75) is 4.83 Å². The normalized spacial score (nSPS) is 12.2. The Morgan fingerprint density at radius 1 is 1.11 bits per heavy atom. The fraction of sp³-hybridized carbons (Fsp3) is 0.143. The van der Waals surface area contributed by atoms with Crippen LogP contribution in [0.25, 0.3) is 0 Å². The summed E-state index contributed by atoms with van der Waals surface area (Å²) in [7, 11) is 1.64. The summed E-state index contributed by atoms with van der Waals surface area (Å²) in [5.41, 5.74) is 1.98. The van der Waals surface area contributed by atoms with E-state index >= 15 is 0 Å². The van der Waals surface area contributed by atoms with Gasteiger partial charge in [-0.25, -0.2) is 4.39 Å². The summed E-state index contributed by atoms with van der Waals surface area (Å²) in [6.45, 7) is 0. The van der Waals surface area contributed by atoms with Crippen LogP contribution in [0.3, 0.4) is 0 Å². The van der Waals surface area contributed by atoms with E-state index in [1.165, 1.54) is 12.1 Å². The van der Waals surface area contributed by atoms with Crippen molar-refractivity contribution in [1.29, 1.82) is 0 Å². The van der Waals surface area contributed by atoms with Crippen LogP contribution in [-0.2, 0) is 0 Å². The van der Waals surface area contributed by atoms with Gasteiger partial charge in [0.25, 0.3) is 0 Å². The van der Waals surface area contributed by atoms with Crippen molar-refractivity contribution < 1.29 is 9.13 Å². The van der Waals surface area contributed by atoms with Crippen LogP contribution in [-0.4, -0.2) is 7.11 Å². The maximum absolute atomic E-state index is 12.9.